The van der Waals surface area contributed by atoms with Crippen LogP contribution in [-0.4, -0.2) is 11.9 Å². The van der Waals surface area contributed by atoms with Crippen molar-refractivity contribution in [3.63, 3.8) is 0 Å². The highest BCUT2D eigenvalue weighted by Crippen LogP contribution is 2.23. The van der Waals surface area contributed by atoms with Crippen LogP contribution < -0.4 is 5.32 Å². The predicted molar refractivity (Wildman–Crippen MR) is 65.7 cm³/mol. The molecule has 0 unspecified atom stereocenters. The number of aryl methyl sites for hydroxylation is 1. The molecule has 0 radical (unpaired) electrons. The zero-order chi connectivity index (χ0) is 13.0. The van der Waals surface area contributed by atoms with E-state index in [0.29, 0.717) is 0 Å². The third-order valence-corrected chi connectivity index (χ3v) is 2.56. The monoisotopic (exact) mass is 235 g/mol. The SMILES string of the molecule is CC(=O)Nc1ccc(C)c(COC(C)=O)c1C. The van der Waals surface area contributed by atoms with Gasteiger partial charge in [-0.05, 0) is 36.6 Å². The largest absolute Gasteiger partial charge is 0.461 e. The van der Waals surface area contributed by atoms with Gasteiger partial charge in [0.25, 0.3) is 0 Å². The summed E-state index contributed by atoms with van der Waals surface area (Å²) < 4.78 is 5.00. The first-order chi connectivity index (χ1) is 7.91. The molecule has 0 aliphatic rings. The molecule has 17 heavy (non-hydrogen) atoms. The quantitative estimate of drug-likeness (QED) is 0.818. The minimum Gasteiger partial charge on any atom is -0.461 e. The summed E-state index contributed by atoms with van der Waals surface area (Å²) in [6, 6.07) is 3.75. The van der Waals surface area contributed by atoms with E-state index in [0.717, 1.165) is 22.4 Å². The zero-order valence-corrected chi connectivity index (χ0v) is 10.6. The number of carbonyl (C=O) groups is 2. The lowest BCUT2D eigenvalue weighted by Crippen LogP contribution is -2.10. The summed E-state index contributed by atoms with van der Waals surface area (Å²) in [6.07, 6.45) is 0. The molecule has 1 N–H and O–H groups in total. The van der Waals surface area contributed by atoms with Gasteiger partial charge in [0.15, 0.2) is 0 Å². The van der Waals surface area contributed by atoms with E-state index in [2.05, 4.69) is 5.32 Å². The lowest BCUT2D eigenvalue weighted by molar-refractivity contribution is -0.142. The molecule has 0 aliphatic heterocycles. The fourth-order valence-corrected chi connectivity index (χ4v) is 1.61. The second-order valence-corrected chi connectivity index (χ2v) is 4.00. The Hall–Kier alpha value is -1.84. The van der Waals surface area contributed by atoms with Gasteiger partial charge in [-0.15, -0.1) is 0 Å². The van der Waals surface area contributed by atoms with Gasteiger partial charge < -0.3 is 10.1 Å². The first kappa shape index (κ1) is 13.2. The van der Waals surface area contributed by atoms with Gasteiger partial charge in [0.05, 0.1) is 0 Å². The Kier molecular flexibility index (Phi) is 4.26. The van der Waals surface area contributed by atoms with Gasteiger partial charge in [0.2, 0.25) is 5.91 Å². The highest BCUT2D eigenvalue weighted by atomic mass is 16.5. The maximum atomic E-state index is 11.0. The third-order valence-electron chi connectivity index (χ3n) is 2.56. The van der Waals surface area contributed by atoms with Gasteiger partial charge in [0, 0.05) is 19.5 Å². The number of nitrogens with one attached hydrogen (secondary N) is 1. The Morgan fingerprint density at radius 1 is 1.24 bits per heavy atom. The smallest absolute Gasteiger partial charge is 0.302 e. The summed E-state index contributed by atoms with van der Waals surface area (Å²) in [5.41, 5.74) is 3.66. The van der Waals surface area contributed by atoms with Crippen LogP contribution in [0.25, 0.3) is 0 Å². The molecule has 4 heteroatoms. The molecule has 0 heterocycles. The van der Waals surface area contributed by atoms with Crippen molar-refractivity contribution in [3.8, 4) is 0 Å². The first-order valence-corrected chi connectivity index (χ1v) is 5.42. The van der Waals surface area contributed by atoms with Gasteiger partial charge in [-0.1, -0.05) is 6.07 Å². The van der Waals surface area contributed by atoms with Crippen LogP contribution in [0.1, 0.15) is 30.5 Å². The van der Waals surface area contributed by atoms with Crippen LogP contribution in [0, 0.1) is 13.8 Å². The summed E-state index contributed by atoms with van der Waals surface area (Å²) in [6.45, 7) is 6.92. The number of ether oxygens (including phenoxy) is 1. The van der Waals surface area contributed by atoms with Crippen molar-refractivity contribution in [1.29, 1.82) is 0 Å². The normalized spacial score (nSPS) is 9.88. The molecular formula is C13H17NO3. The highest BCUT2D eigenvalue weighted by molar-refractivity contribution is 5.89. The van der Waals surface area contributed by atoms with Gasteiger partial charge >= 0.3 is 5.97 Å². The van der Waals surface area contributed by atoms with Crippen LogP contribution in [0.4, 0.5) is 5.69 Å². The van der Waals surface area contributed by atoms with E-state index >= 15 is 0 Å². The lowest BCUT2D eigenvalue weighted by atomic mass is 10.0. The average molecular weight is 235 g/mol. The van der Waals surface area contributed by atoms with Crippen LogP contribution in [0.15, 0.2) is 12.1 Å². The second kappa shape index (κ2) is 5.48. The molecule has 0 aliphatic carbocycles. The number of carbonyl (C=O) groups excluding carboxylic acids is 2. The minimum absolute atomic E-state index is 0.115. The van der Waals surface area contributed by atoms with Gasteiger partial charge in [-0.2, -0.15) is 0 Å². The molecule has 0 atom stereocenters. The van der Waals surface area contributed by atoms with E-state index < -0.39 is 0 Å². The number of hydrogen-bond acceptors (Lipinski definition) is 3. The van der Waals surface area contributed by atoms with Crippen LogP contribution in [0.5, 0.6) is 0 Å². The van der Waals surface area contributed by atoms with E-state index in [1.54, 1.807) is 0 Å². The molecule has 4 nitrogen and oxygen atoms in total. The molecule has 92 valence electrons. The van der Waals surface area contributed by atoms with Crippen molar-refractivity contribution < 1.29 is 14.3 Å². The van der Waals surface area contributed by atoms with Gasteiger partial charge in [0.1, 0.15) is 6.61 Å². The molecule has 0 fully saturated rings. The molecule has 1 aromatic rings. The van der Waals surface area contributed by atoms with Crippen molar-refractivity contribution >= 4 is 17.6 Å². The van der Waals surface area contributed by atoms with Crippen molar-refractivity contribution in [2.24, 2.45) is 0 Å². The number of hydrogen-bond donors (Lipinski definition) is 1. The number of benzene rings is 1. The van der Waals surface area contributed by atoms with Crippen LogP contribution >= 0.6 is 0 Å². The van der Waals surface area contributed by atoms with Crippen LogP contribution in [-0.2, 0) is 20.9 Å². The minimum atomic E-state index is -0.311. The Balaban J connectivity index is 3.01. The van der Waals surface area contributed by atoms with Gasteiger partial charge in [-0.25, -0.2) is 0 Å². The maximum absolute atomic E-state index is 11.0. The van der Waals surface area contributed by atoms with E-state index in [4.69, 9.17) is 4.74 Å². The molecule has 0 aromatic heterocycles. The Bertz CT molecular complexity index is 452. The summed E-state index contributed by atoms with van der Waals surface area (Å²) in [4.78, 5) is 21.8. The molecule has 1 aromatic carbocycles. The Labute approximate surface area is 101 Å². The number of rotatable bonds is 3. The lowest BCUT2D eigenvalue weighted by Gasteiger charge is -2.14. The van der Waals surface area contributed by atoms with E-state index in [9.17, 15) is 9.59 Å². The predicted octanol–water partition coefficient (Wildman–Crippen LogP) is 2.32. The first-order valence-electron chi connectivity index (χ1n) is 5.42. The molecule has 0 bridgehead atoms. The zero-order valence-electron chi connectivity index (χ0n) is 10.6. The average Bonchev–Trinajstić information content (AvgIpc) is 2.21. The van der Waals surface area contributed by atoms with Crippen molar-refractivity contribution in [2.45, 2.75) is 34.3 Å². The summed E-state index contributed by atoms with van der Waals surface area (Å²) in [5, 5.41) is 2.75. The Morgan fingerprint density at radius 2 is 1.88 bits per heavy atom. The molecular weight excluding hydrogens is 218 g/mol. The number of amides is 1. The Morgan fingerprint density at radius 3 is 2.41 bits per heavy atom. The van der Waals surface area contributed by atoms with Crippen molar-refractivity contribution in [1.82, 2.24) is 0 Å². The maximum Gasteiger partial charge on any atom is 0.302 e. The fraction of sp³-hybridized carbons (Fsp3) is 0.385. The fourth-order valence-electron chi connectivity index (χ4n) is 1.61. The topological polar surface area (TPSA) is 55.4 Å². The van der Waals surface area contributed by atoms with Gasteiger partial charge in [-0.3, -0.25) is 9.59 Å². The van der Waals surface area contributed by atoms with Crippen molar-refractivity contribution in [2.75, 3.05) is 5.32 Å². The van der Waals surface area contributed by atoms with Crippen LogP contribution in [0.3, 0.4) is 0 Å². The molecule has 0 saturated carbocycles. The highest BCUT2D eigenvalue weighted by Gasteiger charge is 2.09. The van der Waals surface area contributed by atoms with Crippen LogP contribution in [0.2, 0.25) is 0 Å². The molecule has 0 saturated heterocycles. The summed E-state index contributed by atoms with van der Waals surface area (Å²) >= 11 is 0. The number of esters is 1. The second-order valence-electron chi connectivity index (χ2n) is 4.00. The summed E-state index contributed by atoms with van der Waals surface area (Å²) in [7, 11) is 0. The third kappa shape index (κ3) is 3.59. The molecule has 1 amide bonds. The standard InChI is InChI=1S/C13H17NO3/c1-8-5-6-13(14-10(3)15)9(2)12(8)7-17-11(4)16/h5-6H,7H2,1-4H3,(H,14,15). The molecule has 0 spiro atoms. The molecule has 1 rings (SSSR count). The van der Waals surface area contributed by atoms with Crippen molar-refractivity contribution in [3.05, 3.63) is 28.8 Å². The van der Waals surface area contributed by atoms with E-state index in [-0.39, 0.29) is 18.5 Å². The number of anilines is 1. The van der Waals surface area contributed by atoms with E-state index in [1.165, 1.54) is 13.8 Å². The summed E-state index contributed by atoms with van der Waals surface area (Å²) in [5.74, 6) is -0.427. The van der Waals surface area contributed by atoms with E-state index in [1.807, 2.05) is 26.0 Å².